The Hall–Kier alpha value is -2.45. The quantitative estimate of drug-likeness (QED) is 0.431. The van der Waals surface area contributed by atoms with E-state index in [0.717, 1.165) is 10.9 Å². The Morgan fingerprint density at radius 3 is 2.73 bits per heavy atom. The highest BCUT2D eigenvalue weighted by molar-refractivity contribution is 6.36. The first-order valence-electron chi connectivity index (χ1n) is 9.31. The van der Waals surface area contributed by atoms with Gasteiger partial charge in [0.1, 0.15) is 11.5 Å². The molecule has 3 aromatic heterocycles. The summed E-state index contributed by atoms with van der Waals surface area (Å²) in [6, 6.07) is 8.14. The molecule has 0 amide bonds. The molecule has 0 unspecified atom stereocenters. The van der Waals surface area contributed by atoms with Crippen molar-refractivity contribution in [1.82, 2.24) is 19.3 Å². The fourth-order valence-corrected chi connectivity index (χ4v) is 4.12. The third-order valence-electron chi connectivity index (χ3n) is 5.02. The van der Waals surface area contributed by atoms with Crippen molar-refractivity contribution in [2.75, 3.05) is 6.61 Å². The molecule has 4 aromatic rings. The summed E-state index contributed by atoms with van der Waals surface area (Å²) in [5.74, 6) is -0.523. The van der Waals surface area contributed by atoms with Crippen LogP contribution in [0.3, 0.4) is 0 Å². The molecule has 0 bridgehead atoms. The normalized spacial score (nSPS) is 13.7. The lowest BCUT2D eigenvalue weighted by molar-refractivity contribution is 0.0783. The molecular weight excluding hydrogens is 430 g/mol. The van der Waals surface area contributed by atoms with E-state index in [1.54, 1.807) is 17.1 Å². The lowest BCUT2D eigenvalue weighted by Crippen LogP contribution is -2.19. The Labute approximate surface area is 182 Å². The number of aliphatic hydroxyl groups excluding tert-OH is 2. The van der Waals surface area contributed by atoms with E-state index in [-0.39, 0.29) is 24.2 Å². The van der Waals surface area contributed by atoms with Crippen molar-refractivity contribution in [2.45, 2.75) is 25.6 Å². The largest absolute Gasteiger partial charge is 0.394 e. The van der Waals surface area contributed by atoms with Crippen molar-refractivity contribution in [2.24, 2.45) is 0 Å². The van der Waals surface area contributed by atoms with E-state index in [0.29, 0.717) is 21.9 Å². The summed E-state index contributed by atoms with van der Waals surface area (Å²) in [7, 11) is 0. The van der Waals surface area contributed by atoms with E-state index in [1.165, 1.54) is 12.1 Å². The molecule has 0 saturated heterocycles. The first kappa shape index (κ1) is 20.8. The van der Waals surface area contributed by atoms with Gasteiger partial charge >= 0.3 is 0 Å². The van der Waals surface area contributed by atoms with E-state index >= 15 is 0 Å². The smallest absolute Gasteiger partial charge is 0.142 e. The van der Waals surface area contributed by atoms with E-state index in [2.05, 4.69) is 5.10 Å². The zero-order valence-electron chi connectivity index (χ0n) is 16.0. The predicted molar refractivity (Wildman–Crippen MR) is 114 cm³/mol. The number of aromatic nitrogens is 4. The number of pyridine rings is 1. The van der Waals surface area contributed by atoms with Crippen molar-refractivity contribution in [3.63, 3.8) is 0 Å². The second-order valence-electron chi connectivity index (χ2n) is 7.05. The molecule has 1 aromatic carbocycles. The van der Waals surface area contributed by atoms with Gasteiger partial charge < -0.3 is 14.8 Å². The summed E-state index contributed by atoms with van der Waals surface area (Å²) in [6.45, 7) is 1.73. The van der Waals surface area contributed by atoms with Crippen LogP contribution in [-0.4, -0.2) is 42.3 Å². The Morgan fingerprint density at radius 1 is 1.17 bits per heavy atom. The van der Waals surface area contributed by atoms with Gasteiger partial charge in [-0.05, 0) is 37.3 Å². The van der Waals surface area contributed by atoms with Crippen LogP contribution in [0.2, 0.25) is 10.0 Å². The molecule has 2 atom stereocenters. The van der Waals surface area contributed by atoms with Crippen LogP contribution in [0.15, 0.2) is 48.9 Å². The summed E-state index contributed by atoms with van der Waals surface area (Å²) >= 11 is 12.5. The molecule has 30 heavy (non-hydrogen) atoms. The molecule has 4 rings (SSSR count). The van der Waals surface area contributed by atoms with Gasteiger partial charge in [-0.1, -0.05) is 23.2 Å². The molecule has 0 fully saturated rings. The highest BCUT2D eigenvalue weighted by atomic mass is 35.5. The van der Waals surface area contributed by atoms with Gasteiger partial charge in [-0.15, -0.1) is 0 Å². The second-order valence-corrected chi connectivity index (χ2v) is 7.84. The second kappa shape index (κ2) is 8.35. The van der Waals surface area contributed by atoms with E-state index in [4.69, 9.17) is 33.3 Å². The van der Waals surface area contributed by atoms with Crippen LogP contribution in [0.25, 0.3) is 22.3 Å². The van der Waals surface area contributed by atoms with Gasteiger partial charge in [0.15, 0.2) is 0 Å². The summed E-state index contributed by atoms with van der Waals surface area (Å²) < 4.78 is 17.5. The number of hydrogen-bond acceptors (Lipinski definition) is 4. The molecule has 156 valence electrons. The number of halogens is 3. The lowest BCUT2D eigenvalue weighted by Gasteiger charge is -2.18. The molecule has 0 aliphatic carbocycles. The number of nitrogens with zero attached hydrogens (tertiary/aromatic N) is 4. The number of aliphatic hydroxyl groups is 2. The summed E-state index contributed by atoms with van der Waals surface area (Å²) in [5.41, 5.74) is 2.65. The Morgan fingerprint density at radius 2 is 1.97 bits per heavy atom. The van der Waals surface area contributed by atoms with Crippen molar-refractivity contribution >= 4 is 34.2 Å². The zero-order valence-corrected chi connectivity index (χ0v) is 17.5. The maximum atomic E-state index is 14.0. The molecule has 0 radical (unpaired) electrons. The highest BCUT2D eigenvalue weighted by Crippen LogP contribution is 2.36. The minimum Gasteiger partial charge on any atom is -0.394 e. The van der Waals surface area contributed by atoms with Crippen molar-refractivity contribution < 1.29 is 14.6 Å². The van der Waals surface area contributed by atoms with Crippen LogP contribution in [0.5, 0.6) is 0 Å². The first-order chi connectivity index (χ1) is 14.4. The number of benzene rings is 1. The predicted octanol–water partition coefficient (Wildman–Crippen LogP) is 4.31. The lowest BCUT2D eigenvalue weighted by atomic mass is 10.1. The molecule has 3 heterocycles. The van der Waals surface area contributed by atoms with E-state index < -0.39 is 11.9 Å². The highest BCUT2D eigenvalue weighted by Gasteiger charge is 2.20. The third-order valence-corrected chi connectivity index (χ3v) is 5.73. The van der Waals surface area contributed by atoms with Gasteiger partial charge in [-0.25, -0.2) is 9.37 Å². The Kier molecular flexibility index (Phi) is 5.79. The molecule has 0 spiro atoms. The molecule has 2 N–H and O–H groups in total. The zero-order chi connectivity index (χ0) is 21.4. The van der Waals surface area contributed by atoms with Gasteiger partial charge in [0.05, 0.1) is 42.2 Å². The molecular formula is C21H19Cl2FN4O2. The fourth-order valence-electron chi connectivity index (χ4n) is 3.43. The maximum absolute atomic E-state index is 14.0. The van der Waals surface area contributed by atoms with Gasteiger partial charge in [-0.3, -0.25) is 4.68 Å². The summed E-state index contributed by atoms with van der Waals surface area (Å²) in [5, 5.41) is 24.1. The van der Waals surface area contributed by atoms with E-state index in [1.807, 2.05) is 35.9 Å². The van der Waals surface area contributed by atoms with Crippen LogP contribution >= 0.6 is 23.2 Å². The van der Waals surface area contributed by atoms with Crippen molar-refractivity contribution in [3.8, 4) is 11.3 Å². The van der Waals surface area contributed by atoms with E-state index in [9.17, 15) is 9.50 Å². The summed E-state index contributed by atoms with van der Waals surface area (Å²) in [6.07, 6.45) is 4.39. The maximum Gasteiger partial charge on any atom is 0.142 e. The standard InChI is InChI=1S/C21H19Cl2FN4O2/c1-12(19-16(22)3-4-17(24)20(19)23)28-7-6-13-2-5-18(26-21(13)28)14-8-25-27(9-14)10-15(30)11-29/h2-9,12,15,29-30H,10-11H2,1H3/t12-,15+/m1/s1. The SMILES string of the molecule is C[C@H](c1c(Cl)ccc(F)c1Cl)n1ccc2ccc(-c3cnn(C[C@H](O)CO)c3)nc21. The molecule has 0 saturated carbocycles. The molecule has 6 nitrogen and oxygen atoms in total. The Balaban J connectivity index is 1.73. The average Bonchev–Trinajstić information content (AvgIpc) is 3.37. The molecule has 0 aliphatic heterocycles. The molecule has 9 heteroatoms. The number of hydrogen-bond donors (Lipinski definition) is 2. The fraction of sp³-hybridized carbons (Fsp3) is 0.238. The van der Waals surface area contributed by atoms with Crippen LogP contribution in [0.1, 0.15) is 18.5 Å². The minimum atomic E-state index is -0.882. The summed E-state index contributed by atoms with van der Waals surface area (Å²) in [4.78, 5) is 4.76. The number of rotatable bonds is 6. The molecule has 0 aliphatic rings. The minimum absolute atomic E-state index is 0.00304. The van der Waals surface area contributed by atoms with Crippen LogP contribution in [0, 0.1) is 5.82 Å². The monoisotopic (exact) mass is 448 g/mol. The van der Waals surface area contributed by atoms with Gasteiger partial charge in [-0.2, -0.15) is 5.10 Å². The Bertz CT molecular complexity index is 1210. The van der Waals surface area contributed by atoms with Crippen molar-refractivity contribution in [1.29, 1.82) is 0 Å². The third kappa shape index (κ3) is 3.81. The van der Waals surface area contributed by atoms with Crippen LogP contribution < -0.4 is 0 Å². The number of fused-ring (bicyclic) bond motifs is 1. The van der Waals surface area contributed by atoms with Crippen LogP contribution in [0.4, 0.5) is 4.39 Å². The van der Waals surface area contributed by atoms with Crippen molar-refractivity contribution in [3.05, 3.63) is 70.3 Å². The average molecular weight is 449 g/mol. The van der Waals surface area contributed by atoms with Crippen LogP contribution in [-0.2, 0) is 6.54 Å². The van der Waals surface area contributed by atoms with Gasteiger partial charge in [0.2, 0.25) is 0 Å². The first-order valence-corrected chi connectivity index (χ1v) is 10.1. The topological polar surface area (TPSA) is 76.1 Å². The van der Waals surface area contributed by atoms with Gasteiger partial charge in [0.25, 0.3) is 0 Å². The van der Waals surface area contributed by atoms with Gasteiger partial charge in [0, 0.05) is 33.9 Å².